The lowest BCUT2D eigenvalue weighted by Gasteiger charge is -1.98. The number of rotatable bonds is 0. The first-order valence-electron chi connectivity index (χ1n) is 5.04. The van der Waals surface area contributed by atoms with Crippen molar-refractivity contribution in [2.75, 3.05) is 0 Å². The second kappa shape index (κ2) is 5.02. The van der Waals surface area contributed by atoms with Crippen molar-refractivity contribution in [1.82, 2.24) is 0 Å². The summed E-state index contributed by atoms with van der Waals surface area (Å²) in [6.07, 6.45) is 1.10. The van der Waals surface area contributed by atoms with Gasteiger partial charge in [0.15, 0.2) is 0 Å². The maximum Gasteiger partial charge on any atom is 0.491 e. The number of hydrogen-bond donors (Lipinski definition) is 1. The minimum absolute atomic E-state index is 1.10. The van der Waals surface area contributed by atoms with Crippen LogP contribution in [0.4, 0.5) is 0 Å². The van der Waals surface area contributed by atoms with Crippen molar-refractivity contribution in [3.05, 3.63) is 59.7 Å². The third-order valence-corrected chi connectivity index (χ3v) is 2.71. The number of hydrogen-bond acceptors (Lipinski definition) is 1. The molecule has 0 fully saturated rings. The fourth-order valence-electron chi connectivity index (χ4n) is 2.08. The predicted octanol–water partition coefficient (Wildman–Crippen LogP) is 3.18. The van der Waals surface area contributed by atoms with Crippen LogP contribution in [-0.2, 0) is 11.0 Å². The zero-order chi connectivity index (χ0) is 11.4. The van der Waals surface area contributed by atoms with E-state index < -0.39 is 8.69 Å². The Balaban J connectivity index is 0.000000292. The van der Waals surface area contributed by atoms with Gasteiger partial charge in [-0.1, -0.05) is 48.5 Å². The predicted molar refractivity (Wildman–Crippen MR) is 65.9 cm³/mol. The summed E-state index contributed by atoms with van der Waals surface area (Å²) in [5.74, 6) is 0. The molecule has 2 aromatic carbocycles. The minimum atomic E-state index is -1.17. The molecule has 3 rings (SSSR count). The van der Waals surface area contributed by atoms with Gasteiger partial charge in [0.25, 0.3) is 0 Å². The molecule has 0 radical (unpaired) electrons. The van der Waals surface area contributed by atoms with Crippen molar-refractivity contribution in [2.24, 2.45) is 0 Å². The molecule has 0 aliphatic heterocycles. The Labute approximate surface area is 95.9 Å². The smallest absolute Gasteiger partial charge is 0.162 e. The molecule has 0 saturated carbocycles. The highest BCUT2D eigenvalue weighted by Gasteiger charge is 2.15. The van der Waals surface area contributed by atoms with Crippen LogP contribution < -0.4 is 0 Å². The van der Waals surface area contributed by atoms with E-state index in [0.717, 1.165) is 6.42 Å². The molecule has 1 atom stereocenters. The van der Waals surface area contributed by atoms with E-state index in [1.807, 2.05) is 0 Å². The highest BCUT2D eigenvalue weighted by Crippen LogP contribution is 2.35. The molecule has 2 nitrogen and oxygen atoms in total. The van der Waals surface area contributed by atoms with Crippen molar-refractivity contribution in [2.45, 2.75) is 6.42 Å². The first-order chi connectivity index (χ1) is 7.86. The summed E-state index contributed by atoms with van der Waals surface area (Å²) >= 11 is 0. The van der Waals surface area contributed by atoms with Gasteiger partial charge in [0, 0.05) is 0 Å². The summed E-state index contributed by atoms with van der Waals surface area (Å²) in [5, 5.41) is 0. The standard InChI is InChI=1S/C13H10.HO2P/c1-3-7-12-10(5-1)9-11-6-2-4-8-13(11)12;1-3-2/h1-8H,9H2;3H/p+1. The second-order valence-corrected chi connectivity index (χ2v) is 3.76. The Hall–Kier alpha value is -1.50. The quantitative estimate of drug-likeness (QED) is 0.603. The molecule has 0 aromatic heterocycles. The van der Waals surface area contributed by atoms with Crippen LogP contribution in [-0.4, -0.2) is 4.89 Å². The van der Waals surface area contributed by atoms with Crippen LogP contribution >= 0.6 is 8.69 Å². The Kier molecular flexibility index (Phi) is 3.45. The third-order valence-electron chi connectivity index (χ3n) is 2.71. The van der Waals surface area contributed by atoms with Gasteiger partial charge in [-0.25, -0.2) is 0 Å². The first kappa shape index (κ1) is 11.0. The largest absolute Gasteiger partial charge is 0.491 e. The van der Waals surface area contributed by atoms with Gasteiger partial charge in [-0.3, -0.25) is 0 Å². The minimum Gasteiger partial charge on any atom is -0.162 e. The van der Waals surface area contributed by atoms with Crippen molar-refractivity contribution in [3.63, 3.8) is 0 Å². The van der Waals surface area contributed by atoms with Crippen molar-refractivity contribution >= 4 is 8.69 Å². The van der Waals surface area contributed by atoms with Crippen LogP contribution in [0, 0.1) is 0 Å². The Morgan fingerprint density at radius 1 is 0.875 bits per heavy atom. The van der Waals surface area contributed by atoms with Crippen LogP contribution in [0.15, 0.2) is 48.5 Å². The zero-order valence-corrected chi connectivity index (χ0v) is 9.68. The molecule has 0 amide bonds. The highest BCUT2D eigenvalue weighted by molar-refractivity contribution is 7.16. The summed E-state index contributed by atoms with van der Waals surface area (Å²) in [6, 6.07) is 17.3. The molecular weight excluding hydrogens is 219 g/mol. The van der Waals surface area contributed by atoms with Crippen LogP contribution in [0.1, 0.15) is 11.1 Å². The van der Waals surface area contributed by atoms with Gasteiger partial charge in [0.1, 0.15) is 0 Å². The fraction of sp³-hybridized carbons (Fsp3) is 0.0769. The third kappa shape index (κ3) is 2.04. The summed E-state index contributed by atoms with van der Waals surface area (Å²) < 4.78 is 8.51. The Bertz CT molecular complexity index is 465. The zero-order valence-electron chi connectivity index (χ0n) is 8.68. The Morgan fingerprint density at radius 2 is 1.25 bits per heavy atom. The number of fused-ring (bicyclic) bond motifs is 3. The second-order valence-electron chi connectivity index (χ2n) is 3.58. The van der Waals surface area contributed by atoms with Gasteiger partial charge in [-0.05, 0) is 33.2 Å². The van der Waals surface area contributed by atoms with E-state index in [1.165, 1.54) is 22.3 Å². The summed E-state index contributed by atoms with van der Waals surface area (Å²) in [5.41, 5.74) is 5.75. The fourth-order valence-corrected chi connectivity index (χ4v) is 2.08. The lowest BCUT2D eigenvalue weighted by Crippen LogP contribution is -1.77. The molecule has 0 bridgehead atoms. The van der Waals surface area contributed by atoms with E-state index in [0.29, 0.717) is 0 Å². The lowest BCUT2D eigenvalue weighted by atomic mass is 10.1. The van der Waals surface area contributed by atoms with Gasteiger partial charge in [-0.15, -0.1) is 0 Å². The van der Waals surface area contributed by atoms with Crippen LogP contribution in [0.25, 0.3) is 11.1 Å². The molecule has 1 aliphatic rings. The SMILES string of the molecule is O=[PH+]O.c1ccc2c(c1)Cc1ccccc1-2. The maximum atomic E-state index is 8.51. The van der Waals surface area contributed by atoms with E-state index in [2.05, 4.69) is 48.5 Å². The molecule has 80 valence electrons. The van der Waals surface area contributed by atoms with Gasteiger partial charge < -0.3 is 0 Å². The topological polar surface area (TPSA) is 37.3 Å². The average molecular weight is 231 g/mol. The van der Waals surface area contributed by atoms with Gasteiger partial charge >= 0.3 is 8.69 Å². The molecule has 1 unspecified atom stereocenters. The highest BCUT2D eigenvalue weighted by atomic mass is 31.1. The van der Waals surface area contributed by atoms with Crippen LogP contribution in [0.5, 0.6) is 0 Å². The van der Waals surface area contributed by atoms with E-state index in [-0.39, 0.29) is 0 Å². The van der Waals surface area contributed by atoms with Gasteiger partial charge in [-0.2, -0.15) is 4.89 Å². The van der Waals surface area contributed by atoms with Crippen molar-refractivity contribution in [3.8, 4) is 11.1 Å². The molecule has 16 heavy (non-hydrogen) atoms. The first-order valence-corrected chi connectivity index (χ1v) is 5.90. The average Bonchev–Trinajstić information content (AvgIpc) is 2.68. The molecule has 1 N–H and O–H groups in total. The van der Waals surface area contributed by atoms with E-state index in [4.69, 9.17) is 9.46 Å². The molecule has 2 aromatic rings. The lowest BCUT2D eigenvalue weighted by molar-refractivity contribution is 0.524. The van der Waals surface area contributed by atoms with E-state index in [9.17, 15) is 0 Å². The molecule has 0 heterocycles. The normalized spacial score (nSPS) is 11.3. The maximum absolute atomic E-state index is 8.51. The van der Waals surface area contributed by atoms with E-state index in [1.54, 1.807) is 0 Å². The Morgan fingerprint density at radius 3 is 1.69 bits per heavy atom. The van der Waals surface area contributed by atoms with Crippen LogP contribution in [0.2, 0.25) is 0 Å². The molecule has 1 aliphatic carbocycles. The van der Waals surface area contributed by atoms with Crippen molar-refractivity contribution < 1.29 is 9.46 Å². The van der Waals surface area contributed by atoms with Gasteiger partial charge in [0.05, 0.1) is 0 Å². The molecule has 0 spiro atoms. The van der Waals surface area contributed by atoms with Crippen LogP contribution in [0.3, 0.4) is 0 Å². The summed E-state index contributed by atoms with van der Waals surface area (Å²) in [6.45, 7) is 0. The number of benzene rings is 2. The monoisotopic (exact) mass is 231 g/mol. The molecular formula is C13H12O2P+. The summed E-state index contributed by atoms with van der Waals surface area (Å²) in [4.78, 5) is 7.04. The summed E-state index contributed by atoms with van der Waals surface area (Å²) in [7, 11) is -1.17. The van der Waals surface area contributed by atoms with E-state index >= 15 is 0 Å². The molecule has 3 heteroatoms. The van der Waals surface area contributed by atoms with Gasteiger partial charge in [0.2, 0.25) is 0 Å². The van der Waals surface area contributed by atoms with Crippen molar-refractivity contribution in [1.29, 1.82) is 0 Å². The molecule has 0 saturated heterocycles.